The molecule has 7 nitrogen and oxygen atoms in total. The van der Waals surface area contributed by atoms with Gasteiger partial charge in [0.05, 0.1) is 11.5 Å². The van der Waals surface area contributed by atoms with Crippen molar-refractivity contribution >= 4 is 10.1 Å². The summed E-state index contributed by atoms with van der Waals surface area (Å²) < 4.78 is 46.5. The lowest BCUT2D eigenvalue weighted by molar-refractivity contribution is -0.267. The van der Waals surface area contributed by atoms with Crippen molar-refractivity contribution < 1.29 is 31.9 Å². The van der Waals surface area contributed by atoms with E-state index < -0.39 is 40.0 Å². The lowest BCUT2D eigenvalue weighted by atomic mass is 10.1. The van der Waals surface area contributed by atoms with Crippen LogP contribution in [-0.2, 0) is 28.5 Å². The lowest BCUT2D eigenvalue weighted by Gasteiger charge is -2.26. The first-order valence-electron chi connectivity index (χ1n) is 7.72. The zero-order valence-electron chi connectivity index (χ0n) is 14.1. The van der Waals surface area contributed by atoms with Crippen LogP contribution in [0.5, 0.6) is 0 Å². The van der Waals surface area contributed by atoms with Crippen molar-refractivity contribution in [3.05, 3.63) is 29.8 Å². The van der Waals surface area contributed by atoms with Crippen LogP contribution in [-0.4, -0.2) is 50.0 Å². The van der Waals surface area contributed by atoms with Crippen LogP contribution in [0.4, 0.5) is 0 Å². The van der Waals surface area contributed by atoms with Crippen LogP contribution in [0, 0.1) is 6.92 Å². The standard InChI is InChI=1S/C16H22O7S/c1-10-5-7-11(8-6-10)24(18,19)20-9-12-13-14(16(4,17)21-12)23-15(2,3)22-13/h5-8,12-14,17H,9H2,1-4H3/t12-,13-,14-,16?/m1/s1. The second-order valence-electron chi connectivity index (χ2n) is 6.78. The Morgan fingerprint density at radius 2 is 1.75 bits per heavy atom. The second-order valence-corrected chi connectivity index (χ2v) is 8.40. The van der Waals surface area contributed by atoms with Crippen molar-refractivity contribution in [2.75, 3.05) is 6.61 Å². The molecule has 1 unspecified atom stereocenters. The fourth-order valence-electron chi connectivity index (χ4n) is 2.97. The van der Waals surface area contributed by atoms with Gasteiger partial charge in [-0.25, -0.2) is 0 Å². The third-order valence-corrected chi connectivity index (χ3v) is 5.41. The molecule has 0 bridgehead atoms. The van der Waals surface area contributed by atoms with E-state index in [0.29, 0.717) is 0 Å². The van der Waals surface area contributed by atoms with Crippen molar-refractivity contribution in [1.82, 2.24) is 0 Å². The van der Waals surface area contributed by atoms with Crippen molar-refractivity contribution in [2.45, 2.75) is 62.5 Å². The van der Waals surface area contributed by atoms with Crippen LogP contribution in [0.25, 0.3) is 0 Å². The van der Waals surface area contributed by atoms with Crippen molar-refractivity contribution in [3.8, 4) is 0 Å². The Balaban J connectivity index is 1.71. The van der Waals surface area contributed by atoms with E-state index in [1.54, 1.807) is 26.0 Å². The van der Waals surface area contributed by atoms with Gasteiger partial charge in [-0.1, -0.05) is 17.7 Å². The van der Waals surface area contributed by atoms with Crippen molar-refractivity contribution in [1.29, 1.82) is 0 Å². The highest BCUT2D eigenvalue weighted by atomic mass is 32.2. The molecule has 1 aromatic carbocycles. The Bertz CT molecular complexity index is 708. The molecule has 2 fully saturated rings. The molecule has 3 rings (SSSR count). The maximum Gasteiger partial charge on any atom is 0.297 e. The highest BCUT2D eigenvalue weighted by Crippen LogP contribution is 2.42. The first-order valence-corrected chi connectivity index (χ1v) is 9.13. The van der Waals surface area contributed by atoms with Gasteiger partial charge >= 0.3 is 0 Å². The molecule has 134 valence electrons. The Morgan fingerprint density at radius 3 is 2.38 bits per heavy atom. The van der Waals surface area contributed by atoms with E-state index in [-0.39, 0.29) is 11.5 Å². The third kappa shape index (κ3) is 3.35. The number of hydrogen-bond acceptors (Lipinski definition) is 7. The fourth-order valence-corrected chi connectivity index (χ4v) is 3.89. The van der Waals surface area contributed by atoms with E-state index in [4.69, 9.17) is 18.4 Å². The van der Waals surface area contributed by atoms with Gasteiger partial charge in [0.1, 0.15) is 18.3 Å². The molecule has 2 heterocycles. The first kappa shape index (κ1) is 17.8. The first-order chi connectivity index (χ1) is 11.0. The Hall–Kier alpha value is -1.03. The number of rotatable bonds is 4. The van der Waals surface area contributed by atoms with E-state index in [9.17, 15) is 13.5 Å². The summed E-state index contributed by atoms with van der Waals surface area (Å²) in [5, 5.41) is 10.3. The van der Waals surface area contributed by atoms with Crippen LogP contribution in [0.3, 0.4) is 0 Å². The van der Waals surface area contributed by atoms with Gasteiger partial charge in [-0.2, -0.15) is 8.42 Å². The Kier molecular flexibility index (Phi) is 4.26. The van der Waals surface area contributed by atoms with Crippen LogP contribution >= 0.6 is 0 Å². The summed E-state index contributed by atoms with van der Waals surface area (Å²) >= 11 is 0. The molecule has 2 aliphatic heterocycles. The van der Waals surface area contributed by atoms with Crippen LogP contribution in [0.1, 0.15) is 26.3 Å². The Labute approximate surface area is 141 Å². The van der Waals surface area contributed by atoms with E-state index in [2.05, 4.69) is 0 Å². The van der Waals surface area contributed by atoms with Gasteiger partial charge in [0.2, 0.25) is 0 Å². The zero-order valence-corrected chi connectivity index (χ0v) is 14.9. The largest absolute Gasteiger partial charge is 0.364 e. The minimum Gasteiger partial charge on any atom is -0.364 e. The van der Waals surface area contributed by atoms with Crippen LogP contribution in [0.2, 0.25) is 0 Å². The quantitative estimate of drug-likeness (QED) is 0.812. The van der Waals surface area contributed by atoms with Crippen molar-refractivity contribution in [2.24, 2.45) is 0 Å². The maximum atomic E-state index is 12.3. The number of benzene rings is 1. The molecule has 2 saturated heterocycles. The molecule has 0 saturated carbocycles. The molecule has 4 atom stereocenters. The lowest BCUT2D eigenvalue weighted by Crippen LogP contribution is -2.40. The van der Waals surface area contributed by atoms with Gasteiger partial charge < -0.3 is 19.3 Å². The molecular weight excluding hydrogens is 336 g/mol. The Morgan fingerprint density at radius 1 is 1.12 bits per heavy atom. The summed E-state index contributed by atoms with van der Waals surface area (Å²) in [6.45, 7) is 6.51. The smallest absolute Gasteiger partial charge is 0.297 e. The summed E-state index contributed by atoms with van der Waals surface area (Å²) in [4.78, 5) is 0.0679. The van der Waals surface area contributed by atoms with Gasteiger partial charge in [-0.05, 0) is 39.8 Å². The van der Waals surface area contributed by atoms with Gasteiger partial charge in [0, 0.05) is 0 Å². The summed E-state index contributed by atoms with van der Waals surface area (Å²) in [6.07, 6.45) is -2.07. The average Bonchev–Trinajstić information content (AvgIpc) is 2.90. The predicted molar refractivity (Wildman–Crippen MR) is 83.6 cm³/mol. The topological polar surface area (TPSA) is 91.3 Å². The summed E-state index contributed by atoms with van der Waals surface area (Å²) in [6, 6.07) is 6.36. The minimum absolute atomic E-state index is 0.0679. The highest BCUT2D eigenvalue weighted by molar-refractivity contribution is 7.86. The molecule has 24 heavy (non-hydrogen) atoms. The SMILES string of the molecule is Cc1ccc(S(=O)(=O)OC[C@H]2OC(C)(O)[C@@H]3OC(C)(C)O[C@@H]32)cc1. The second kappa shape index (κ2) is 5.76. The molecule has 0 aliphatic carbocycles. The number of ether oxygens (including phenoxy) is 3. The molecule has 2 aliphatic rings. The molecule has 1 aromatic rings. The van der Waals surface area contributed by atoms with Crippen LogP contribution in [0.15, 0.2) is 29.2 Å². The molecular formula is C16H22O7S. The number of hydrogen-bond donors (Lipinski definition) is 1. The van der Waals surface area contributed by atoms with Gasteiger partial charge in [-0.15, -0.1) is 0 Å². The van der Waals surface area contributed by atoms with E-state index in [1.807, 2.05) is 6.92 Å². The van der Waals surface area contributed by atoms with Crippen molar-refractivity contribution in [3.63, 3.8) is 0 Å². The van der Waals surface area contributed by atoms with E-state index in [1.165, 1.54) is 19.1 Å². The molecule has 1 N–H and O–H groups in total. The highest BCUT2D eigenvalue weighted by Gasteiger charge is 2.60. The summed E-state index contributed by atoms with van der Waals surface area (Å²) in [5.74, 6) is -2.45. The number of aliphatic hydroxyl groups is 1. The van der Waals surface area contributed by atoms with Gasteiger partial charge in [0.15, 0.2) is 11.6 Å². The zero-order chi connectivity index (χ0) is 17.8. The molecule has 0 spiro atoms. The number of fused-ring (bicyclic) bond motifs is 1. The van der Waals surface area contributed by atoms with Gasteiger partial charge in [0.25, 0.3) is 10.1 Å². The molecule has 0 aromatic heterocycles. The summed E-state index contributed by atoms with van der Waals surface area (Å²) in [7, 11) is -3.92. The monoisotopic (exact) mass is 358 g/mol. The average molecular weight is 358 g/mol. The minimum atomic E-state index is -3.92. The van der Waals surface area contributed by atoms with E-state index in [0.717, 1.165) is 5.56 Å². The predicted octanol–water partition coefficient (Wildman–Crippen LogP) is 1.33. The third-order valence-electron chi connectivity index (χ3n) is 4.11. The normalized spacial score (nSPS) is 35.1. The fraction of sp³-hybridized carbons (Fsp3) is 0.625. The molecule has 0 radical (unpaired) electrons. The van der Waals surface area contributed by atoms with Gasteiger partial charge in [-0.3, -0.25) is 4.18 Å². The molecule has 0 amide bonds. The number of aryl methyl sites for hydroxylation is 1. The maximum absolute atomic E-state index is 12.3. The summed E-state index contributed by atoms with van der Waals surface area (Å²) in [5.41, 5.74) is 0.950. The van der Waals surface area contributed by atoms with Crippen LogP contribution < -0.4 is 0 Å². The van der Waals surface area contributed by atoms with E-state index >= 15 is 0 Å². The molecule has 8 heteroatoms.